The van der Waals surface area contributed by atoms with Gasteiger partial charge in [0.25, 0.3) is 0 Å². The number of hydrogen-bond acceptors (Lipinski definition) is 2. The van der Waals surface area contributed by atoms with Crippen LogP contribution in [0.5, 0.6) is 0 Å². The van der Waals surface area contributed by atoms with Crippen LogP contribution in [0.3, 0.4) is 0 Å². The Bertz CT molecular complexity index is 425. The average Bonchev–Trinajstić information content (AvgIpc) is 2.68. The van der Waals surface area contributed by atoms with Crippen molar-refractivity contribution < 1.29 is 4.79 Å². The molecule has 1 aromatic rings. The van der Waals surface area contributed by atoms with E-state index < -0.39 is 0 Å². The molecule has 0 saturated carbocycles. The van der Waals surface area contributed by atoms with E-state index >= 15 is 0 Å². The zero-order valence-electron chi connectivity index (χ0n) is 12.1. The van der Waals surface area contributed by atoms with E-state index in [1.807, 2.05) is 31.2 Å². The summed E-state index contributed by atoms with van der Waals surface area (Å²) in [4.78, 5) is 14.4. The van der Waals surface area contributed by atoms with Crippen LogP contribution < -0.4 is 5.32 Å². The molecule has 1 N–H and O–H groups in total. The van der Waals surface area contributed by atoms with E-state index in [1.54, 1.807) is 0 Å². The van der Waals surface area contributed by atoms with Crippen LogP contribution in [0.15, 0.2) is 28.7 Å². The van der Waals surface area contributed by atoms with Crippen LogP contribution in [0.4, 0.5) is 0 Å². The molecule has 1 aliphatic heterocycles. The molecule has 1 saturated heterocycles. The van der Waals surface area contributed by atoms with Crippen molar-refractivity contribution in [3.05, 3.63) is 34.3 Å². The monoisotopic (exact) mass is 338 g/mol. The van der Waals surface area contributed by atoms with Gasteiger partial charge in [-0.15, -0.1) is 0 Å². The predicted molar refractivity (Wildman–Crippen MR) is 85.6 cm³/mol. The molecule has 0 aliphatic carbocycles. The minimum absolute atomic E-state index is 0.0579. The summed E-state index contributed by atoms with van der Waals surface area (Å²) in [5.74, 6) is 0.127. The largest absolute Gasteiger partial charge is 0.348 e. The van der Waals surface area contributed by atoms with Gasteiger partial charge in [-0.2, -0.15) is 0 Å². The molecule has 1 heterocycles. The first-order valence-electron chi connectivity index (χ1n) is 7.42. The number of rotatable bonds is 4. The number of carbonyl (C=O) groups excluding carboxylic acids is 1. The summed E-state index contributed by atoms with van der Waals surface area (Å²) in [6, 6.07) is 8.16. The highest BCUT2D eigenvalue weighted by Crippen LogP contribution is 2.16. The van der Waals surface area contributed by atoms with E-state index in [2.05, 4.69) is 26.1 Å². The number of halogens is 1. The van der Waals surface area contributed by atoms with Gasteiger partial charge in [-0.25, -0.2) is 0 Å². The van der Waals surface area contributed by atoms with Crippen molar-refractivity contribution in [2.45, 2.75) is 38.6 Å². The lowest BCUT2D eigenvalue weighted by atomic mass is 10.1. The molecule has 4 heteroatoms. The first-order valence-corrected chi connectivity index (χ1v) is 8.21. The molecule has 1 atom stereocenters. The topological polar surface area (TPSA) is 32.3 Å². The van der Waals surface area contributed by atoms with Gasteiger partial charge < -0.3 is 5.32 Å². The van der Waals surface area contributed by atoms with Crippen molar-refractivity contribution in [3.8, 4) is 0 Å². The fourth-order valence-corrected chi connectivity index (χ4v) is 2.88. The van der Waals surface area contributed by atoms with Crippen molar-refractivity contribution in [1.82, 2.24) is 10.2 Å². The summed E-state index contributed by atoms with van der Waals surface area (Å²) in [5, 5.41) is 3.09. The highest BCUT2D eigenvalue weighted by Gasteiger charge is 2.15. The van der Waals surface area contributed by atoms with E-state index in [9.17, 15) is 4.79 Å². The summed E-state index contributed by atoms with van der Waals surface area (Å²) < 4.78 is 1.06. The number of nitrogens with zero attached hydrogens (tertiary/aromatic N) is 1. The summed E-state index contributed by atoms with van der Waals surface area (Å²) >= 11 is 3.42. The Morgan fingerprint density at radius 1 is 1.20 bits per heavy atom. The molecule has 1 aliphatic rings. The molecule has 110 valence electrons. The summed E-state index contributed by atoms with van der Waals surface area (Å²) in [7, 11) is 0. The molecule has 1 fully saturated rings. The van der Waals surface area contributed by atoms with Gasteiger partial charge in [0.05, 0.1) is 12.6 Å². The maximum atomic E-state index is 12.1. The van der Waals surface area contributed by atoms with Crippen LogP contribution >= 0.6 is 15.9 Å². The number of amides is 1. The third-order valence-corrected chi connectivity index (χ3v) is 4.34. The van der Waals surface area contributed by atoms with E-state index in [-0.39, 0.29) is 11.9 Å². The Balaban J connectivity index is 1.82. The predicted octanol–water partition coefficient (Wildman–Crippen LogP) is 3.50. The lowest BCUT2D eigenvalue weighted by Crippen LogP contribution is -2.38. The third-order valence-electron chi connectivity index (χ3n) is 3.81. The van der Waals surface area contributed by atoms with E-state index in [4.69, 9.17) is 0 Å². The van der Waals surface area contributed by atoms with Crippen LogP contribution in [-0.2, 0) is 4.79 Å². The van der Waals surface area contributed by atoms with Gasteiger partial charge in [0.2, 0.25) is 5.91 Å². The molecule has 3 nitrogen and oxygen atoms in total. The van der Waals surface area contributed by atoms with Gasteiger partial charge in [0.1, 0.15) is 0 Å². The molecule has 0 aromatic heterocycles. The van der Waals surface area contributed by atoms with Gasteiger partial charge in [-0.05, 0) is 50.6 Å². The summed E-state index contributed by atoms with van der Waals surface area (Å²) in [5.41, 5.74) is 1.14. The molecule has 0 spiro atoms. The lowest BCUT2D eigenvalue weighted by molar-refractivity contribution is -0.122. The Labute approximate surface area is 129 Å². The Hall–Kier alpha value is -0.870. The minimum atomic E-state index is 0.0579. The van der Waals surface area contributed by atoms with Crippen molar-refractivity contribution in [1.29, 1.82) is 0 Å². The number of benzene rings is 1. The van der Waals surface area contributed by atoms with Gasteiger partial charge >= 0.3 is 0 Å². The maximum Gasteiger partial charge on any atom is 0.234 e. The second kappa shape index (κ2) is 7.79. The van der Waals surface area contributed by atoms with Crippen molar-refractivity contribution in [2.75, 3.05) is 19.6 Å². The fourth-order valence-electron chi connectivity index (χ4n) is 2.62. The maximum absolute atomic E-state index is 12.1. The second-order valence-corrected chi connectivity index (χ2v) is 6.45. The molecule has 0 bridgehead atoms. The lowest BCUT2D eigenvalue weighted by Gasteiger charge is -2.21. The van der Waals surface area contributed by atoms with E-state index in [0.717, 1.165) is 23.1 Å². The van der Waals surface area contributed by atoms with Crippen LogP contribution in [0.25, 0.3) is 0 Å². The quantitative estimate of drug-likeness (QED) is 0.911. The van der Waals surface area contributed by atoms with Gasteiger partial charge in [0.15, 0.2) is 0 Å². The van der Waals surface area contributed by atoms with Crippen molar-refractivity contribution in [2.24, 2.45) is 0 Å². The molecule has 1 amide bonds. The molecule has 2 rings (SSSR count). The van der Waals surface area contributed by atoms with Crippen molar-refractivity contribution >= 4 is 21.8 Å². The SMILES string of the molecule is C[C@H](NC(=O)CN1CCCCCC1)c1ccc(Br)cc1. The number of carbonyl (C=O) groups is 1. The van der Waals surface area contributed by atoms with Crippen LogP contribution in [0.1, 0.15) is 44.2 Å². The molecule has 0 radical (unpaired) electrons. The van der Waals surface area contributed by atoms with Crippen molar-refractivity contribution in [3.63, 3.8) is 0 Å². The third kappa shape index (κ3) is 4.91. The van der Waals surface area contributed by atoms with Gasteiger partial charge in [-0.3, -0.25) is 9.69 Å². The first-order chi connectivity index (χ1) is 9.65. The fraction of sp³-hybridized carbons (Fsp3) is 0.562. The molecular weight excluding hydrogens is 316 g/mol. The summed E-state index contributed by atoms with van der Waals surface area (Å²) in [6.07, 6.45) is 5.03. The molecule has 1 aromatic carbocycles. The average molecular weight is 339 g/mol. The number of hydrogen-bond donors (Lipinski definition) is 1. The normalized spacial score (nSPS) is 18.3. The Morgan fingerprint density at radius 2 is 1.80 bits per heavy atom. The van der Waals surface area contributed by atoms with Crippen LogP contribution in [-0.4, -0.2) is 30.4 Å². The van der Waals surface area contributed by atoms with Crippen LogP contribution in [0, 0.1) is 0 Å². The zero-order valence-corrected chi connectivity index (χ0v) is 13.7. The van der Waals surface area contributed by atoms with E-state index in [0.29, 0.717) is 6.54 Å². The highest BCUT2D eigenvalue weighted by atomic mass is 79.9. The Morgan fingerprint density at radius 3 is 2.40 bits per heavy atom. The van der Waals surface area contributed by atoms with Gasteiger partial charge in [0, 0.05) is 4.47 Å². The molecule has 20 heavy (non-hydrogen) atoms. The standard InChI is InChI=1S/C16H23BrN2O/c1-13(14-6-8-15(17)9-7-14)18-16(20)12-19-10-4-2-3-5-11-19/h6-9,13H,2-5,10-12H2,1H3,(H,18,20)/t13-/m0/s1. The smallest absolute Gasteiger partial charge is 0.234 e. The zero-order chi connectivity index (χ0) is 14.4. The number of nitrogens with one attached hydrogen (secondary N) is 1. The minimum Gasteiger partial charge on any atom is -0.348 e. The first kappa shape index (κ1) is 15.5. The summed E-state index contributed by atoms with van der Waals surface area (Å²) in [6.45, 7) is 4.67. The van der Waals surface area contributed by atoms with E-state index in [1.165, 1.54) is 25.7 Å². The second-order valence-electron chi connectivity index (χ2n) is 5.53. The molecular formula is C16H23BrN2O. The van der Waals surface area contributed by atoms with Gasteiger partial charge in [-0.1, -0.05) is 40.9 Å². The van der Waals surface area contributed by atoms with Crippen LogP contribution in [0.2, 0.25) is 0 Å². The Kier molecular flexibility index (Phi) is 6.05. The molecule has 0 unspecified atom stereocenters. The highest BCUT2D eigenvalue weighted by molar-refractivity contribution is 9.10. The number of likely N-dealkylation sites (tertiary alicyclic amines) is 1.